The largest absolute Gasteiger partial charge is 0.481 e. The Morgan fingerprint density at radius 2 is 1.43 bits per heavy atom. The molecular formula is C49H83N3O16P2. The van der Waals surface area contributed by atoms with E-state index in [0.717, 1.165) is 61.6 Å². The number of carbonyl (C=O) groups is 2. The summed E-state index contributed by atoms with van der Waals surface area (Å²) < 4.78 is 56.6. The maximum atomic E-state index is 12.9. The molecule has 1 aliphatic heterocycles. The molecule has 3 unspecified atom stereocenters. The third-order valence-corrected chi connectivity index (χ3v) is 14.2. The number of nitrogens with zero attached hydrogens (tertiary/aromatic N) is 2. The maximum absolute atomic E-state index is 12.9. The molecule has 70 heavy (non-hydrogen) atoms. The van der Waals surface area contributed by atoms with Crippen LogP contribution < -0.4 is 11.4 Å². The number of anilines is 1. The average molecular weight is 1030 g/mol. The van der Waals surface area contributed by atoms with Gasteiger partial charge in [-0.2, -0.15) is 9.29 Å². The molecule has 7 N–H and O–H groups in total. The lowest BCUT2D eigenvalue weighted by atomic mass is 9.99. The zero-order chi connectivity index (χ0) is 51.6. The lowest BCUT2D eigenvalue weighted by Gasteiger charge is -2.21. The predicted molar refractivity (Wildman–Crippen MR) is 267 cm³/mol. The van der Waals surface area contributed by atoms with Crippen LogP contribution in [0.25, 0.3) is 0 Å². The van der Waals surface area contributed by atoms with E-state index in [4.69, 9.17) is 29.0 Å². The quantitative estimate of drug-likeness (QED) is 0.0117. The van der Waals surface area contributed by atoms with Crippen molar-refractivity contribution in [1.29, 1.82) is 0 Å². The van der Waals surface area contributed by atoms with Gasteiger partial charge in [-0.25, -0.2) is 13.9 Å². The van der Waals surface area contributed by atoms with Gasteiger partial charge in [0.15, 0.2) is 12.3 Å². The van der Waals surface area contributed by atoms with Crippen molar-refractivity contribution >= 4 is 33.4 Å². The second-order valence-corrected chi connectivity index (χ2v) is 20.8. The Labute approximate surface area is 414 Å². The van der Waals surface area contributed by atoms with Crippen molar-refractivity contribution < 1.29 is 71.4 Å². The highest BCUT2D eigenvalue weighted by molar-refractivity contribution is 7.61. The number of ether oxygens (including phenoxy) is 3. The first-order valence-corrected chi connectivity index (χ1v) is 28.1. The van der Waals surface area contributed by atoms with Gasteiger partial charge in [0, 0.05) is 19.0 Å². The van der Waals surface area contributed by atoms with E-state index in [1.165, 1.54) is 70.3 Å². The van der Waals surface area contributed by atoms with Gasteiger partial charge in [-0.1, -0.05) is 153 Å². The van der Waals surface area contributed by atoms with Gasteiger partial charge in [-0.3, -0.25) is 23.2 Å². The molecule has 2 rings (SSSR count). The topological polar surface area (TPSA) is 286 Å². The van der Waals surface area contributed by atoms with Crippen LogP contribution in [0.4, 0.5) is 5.82 Å². The summed E-state index contributed by atoms with van der Waals surface area (Å²) in [5.74, 6) is -0.714. The molecule has 0 spiro atoms. The van der Waals surface area contributed by atoms with E-state index in [2.05, 4.69) is 54.4 Å². The van der Waals surface area contributed by atoms with Crippen molar-refractivity contribution in [3.05, 3.63) is 71.4 Å². The van der Waals surface area contributed by atoms with E-state index in [1.54, 1.807) is 12.2 Å². The molecular weight excluding hydrogens is 948 g/mol. The van der Waals surface area contributed by atoms with Crippen LogP contribution in [-0.4, -0.2) is 96.9 Å². The van der Waals surface area contributed by atoms with Crippen LogP contribution in [0.3, 0.4) is 0 Å². The molecule has 0 aromatic carbocycles. The highest BCUT2D eigenvalue weighted by Crippen LogP contribution is 2.60. The van der Waals surface area contributed by atoms with Crippen LogP contribution >= 0.6 is 15.6 Å². The van der Waals surface area contributed by atoms with Crippen LogP contribution in [-0.2, 0) is 46.3 Å². The first-order valence-electron chi connectivity index (χ1n) is 25.2. The van der Waals surface area contributed by atoms with Crippen molar-refractivity contribution in [1.82, 2.24) is 9.55 Å². The normalized spacial score (nSPS) is 20.6. The fourth-order valence-electron chi connectivity index (χ4n) is 7.22. The average Bonchev–Trinajstić information content (AvgIpc) is 3.59. The van der Waals surface area contributed by atoms with E-state index < -0.39 is 89.8 Å². The highest BCUT2D eigenvalue weighted by atomic mass is 31.3. The van der Waals surface area contributed by atoms with Gasteiger partial charge in [0.1, 0.15) is 30.7 Å². The molecule has 0 radical (unpaired) electrons. The van der Waals surface area contributed by atoms with Gasteiger partial charge in [0.05, 0.1) is 19.3 Å². The van der Waals surface area contributed by atoms with Crippen LogP contribution in [0, 0.1) is 5.92 Å². The molecule has 1 aromatic rings. The number of unbranched alkanes of at least 4 members (excludes halogenated alkanes) is 12. The van der Waals surface area contributed by atoms with E-state index >= 15 is 0 Å². The number of hydrogen-bond donors (Lipinski definition) is 6. The SMILES string of the molecule is CCCCC/C=C\C/C=C\C/C=C\C=C\[C@H](O)CCCC(=O)O[C@H](COC(=O)CCCCCCCCCCCCC(C)CC)COP(=O)(O)OP(=O)(O)OC[C@H]1O[C@@H](n2ccc(N)nc2=O)[C@H](O)[C@@H]1O. The fraction of sp³-hybridized carbons (Fsp3) is 0.714. The van der Waals surface area contributed by atoms with Gasteiger partial charge in [0.2, 0.25) is 0 Å². The molecule has 19 nitrogen and oxygen atoms in total. The molecule has 2 heterocycles. The van der Waals surface area contributed by atoms with Crippen molar-refractivity contribution in [3.63, 3.8) is 0 Å². The number of phosphoric ester groups is 2. The Bertz CT molecular complexity index is 1890. The molecule has 1 aliphatic rings. The summed E-state index contributed by atoms with van der Waals surface area (Å²) in [5, 5.41) is 31.3. The second-order valence-electron chi connectivity index (χ2n) is 17.8. The van der Waals surface area contributed by atoms with Gasteiger partial charge in [0.25, 0.3) is 0 Å². The summed E-state index contributed by atoms with van der Waals surface area (Å²) in [7, 11) is -10.9. The van der Waals surface area contributed by atoms with Crippen molar-refractivity contribution in [2.75, 3.05) is 25.6 Å². The van der Waals surface area contributed by atoms with E-state index in [-0.39, 0.29) is 31.5 Å². The summed E-state index contributed by atoms with van der Waals surface area (Å²) in [4.78, 5) is 61.9. The number of nitrogens with two attached hydrogens (primary N) is 1. The highest BCUT2D eigenvalue weighted by Gasteiger charge is 2.46. The van der Waals surface area contributed by atoms with Gasteiger partial charge >= 0.3 is 33.3 Å². The van der Waals surface area contributed by atoms with E-state index in [0.29, 0.717) is 6.42 Å². The zero-order valence-electron chi connectivity index (χ0n) is 41.6. The number of aromatic nitrogens is 2. The van der Waals surface area contributed by atoms with Crippen LogP contribution in [0.15, 0.2) is 65.7 Å². The summed E-state index contributed by atoms with van der Waals surface area (Å²) in [6, 6.07) is 1.24. The van der Waals surface area contributed by atoms with Gasteiger partial charge < -0.3 is 45.1 Å². The molecule has 9 atom stereocenters. The van der Waals surface area contributed by atoms with Crippen molar-refractivity contribution in [2.24, 2.45) is 5.92 Å². The van der Waals surface area contributed by atoms with E-state index in [1.807, 2.05) is 12.2 Å². The van der Waals surface area contributed by atoms with Crippen molar-refractivity contribution in [3.8, 4) is 0 Å². The fourth-order valence-corrected chi connectivity index (χ4v) is 9.33. The Kier molecular flexibility index (Phi) is 32.8. The first-order chi connectivity index (χ1) is 33.5. The Morgan fingerprint density at radius 1 is 0.800 bits per heavy atom. The molecule has 1 aromatic heterocycles. The lowest BCUT2D eigenvalue weighted by Crippen LogP contribution is -2.36. The second kappa shape index (κ2) is 36.6. The lowest BCUT2D eigenvalue weighted by molar-refractivity contribution is -0.161. The van der Waals surface area contributed by atoms with Crippen LogP contribution in [0.2, 0.25) is 0 Å². The molecule has 400 valence electrons. The Balaban J connectivity index is 1.87. The summed E-state index contributed by atoms with van der Waals surface area (Å²) in [6.45, 7) is 4.25. The molecule has 0 amide bonds. The monoisotopic (exact) mass is 1030 g/mol. The zero-order valence-corrected chi connectivity index (χ0v) is 43.4. The standard InChI is InChI=1S/C49H83N3O16P2/c1-4-6-7-8-9-10-11-12-13-17-20-23-26-30-40(53)31-28-33-45(55)66-41(36-63-44(54)32-27-24-21-18-15-14-16-19-22-25-29-39(3)5-2)37-64-69(59,60)68-70(61,62)65-38-42-46(56)47(57)48(67-42)52-35-34-43(50)51-49(52)58/h9-10,12-13,20,23,26,30,34-35,39-42,46-48,53,56-57H,4-8,11,14-19,21-22,24-25,27-29,31-33,36-38H2,1-3H3,(H,59,60)(H,61,62)(H2,50,51,58)/b10-9-,13-12-,23-20-,30-26+/t39?,40-,41+,42+,46+,47+,48+/m0/s1. The Morgan fingerprint density at radius 3 is 2.10 bits per heavy atom. The molecule has 0 bridgehead atoms. The summed E-state index contributed by atoms with van der Waals surface area (Å²) in [5.41, 5.74) is 4.57. The molecule has 1 saturated heterocycles. The maximum Gasteiger partial charge on any atom is 0.481 e. The number of aliphatic hydroxyl groups excluding tert-OH is 3. The predicted octanol–water partition coefficient (Wildman–Crippen LogP) is 8.99. The summed E-state index contributed by atoms with van der Waals surface area (Å²) in [6.07, 6.45) is 28.0. The molecule has 0 aliphatic carbocycles. The Hall–Kier alpha value is -3.32. The number of phosphoric acid groups is 2. The molecule has 21 heteroatoms. The smallest absolute Gasteiger partial charge is 0.462 e. The first kappa shape index (κ1) is 62.8. The minimum atomic E-state index is -5.47. The summed E-state index contributed by atoms with van der Waals surface area (Å²) >= 11 is 0. The minimum Gasteiger partial charge on any atom is -0.462 e. The van der Waals surface area contributed by atoms with Crippen LogP contribution in [0.1, 0.15) is 168 Å². The van der Waals surface area contributed by atoms with Gasteiger partial charge in [-0.15, -0.1) is 0 Å². The van der Waals surface area contributed by atoms with Crippen molar-refractivity contribution in [2.45, 2.75) is 199 Å². The number of hydrogen-bond acceptors (Lipinski definition) is 16. The number of allylic oxidation sites excluding steroid dienone is 7. The van der Waals surface area contributed by atoms with Gasteiger partial charge in [-0.05, 0) is 56.9 Å². The number of esters is 2. The van der Waals surface area contributed by atoms with Crippen LogP contribution in [0.5, 0.6) is 0 Å². The number of aliphatic hydroxyl groups is 3. The molecule has 1 fully saturated rings. The number of nitrogen functional groups attached to an aromatic ring is 1. The van der Waals surface area contributed by atoms with E-state index in [9.17, 15) is 48.6 Å². The molecule has 0 saturated carbocycles. The number of rotatable bonds is 40. The third-order valence-electron chi connectivity index (χ3n) is 11.6. The third kappa shape index (κ3) is 29.3. The number of carbonyl (C=O) groups excluding carboxylic acids is 2. The minimum absolute atomic E-state index is 0.0866.